The summed E-state index contributed by atoms with van der Waals surface area (Å²) in [4.78, 5) is 0. The van der Waals surface area contributed by atoms with Crippen LogP contribution in [0.2, 0.25) is 0 Å². The van der Waals surface area contributed by atoms with Crippen molar-refractivity contribution in [3.63, 3.8) is 0 Å². The number of hydrogen-bond acceptors (Lipinski definition) is 1. The largest absolute Gasteiger partial charge is 0.416 e. The van der Waals surface area contributed by atoms with Gasteiger partial charge in [-0.15, -0.1) is 0 Å². The van der Waals surface area contributed by atoms with Crippen LogP contribution >= 0.6 is 0 Å². The molecule has 0 aliphatic rings. The Morgan fingerprint density at radius 2 is 1.56 bits per heavy atom. The molecule has 0 aromatic heterocycles. The van der Waals surface area contributed by atoms with Crippen LogP contribution in [0.4, 0.5) is 13.2 Å². The van der Waals surface area contributed by atoms with E-state index in [1.165, 1.54) is 0 Å². The molecule has 1 unspecified atom stereocenters. The molecule has 102 valence electrons. The topological polar surface area (TPSA) is 12.0 Å². The summed E-state index contributed by atoms with van der Waals surface area (Å²) in [7, 11) is 0. The minimum atomic E-state index is -4.27. The first-order chi connectivity index (χ1) is 8.16. The fourth-order valence-corrected chi connectivity index (χ4v) is 1.99. The Balaban J connectivity index is 3.02. The lowest BCUT2D eigenvalue weighted by Crippen LogP contribution is -2.32. The summed E-state index contributed by atoms with van der Waals surface area (Å²) >= 11 is 0. The molecule has 0 saturated heterocycles. The smallest absolute Gasteiger partial charge is 0.310 e. The van der Waals surface area contributed by atoms with Crippen molar-refractivity contribution in [3.05, 3.63) is 35.4 Å². The van der Waals surface area contributed by atoms with Crippen molar-refractivity contribution in [2.75, 3.05) is 6.54 Å². The molecule has 1 aromatic carbocycles. The highest BCUT2D eigenvalue weighted by atomic mass is 19.4. The molecule has 1 atom stereocenters. The van der Waals surface area contributed by atoms with Crippen LogP contribution in [0.15, 0.2) is 24.3 Å². The van der Waals surface area contributed by atoms with Crippen LogP contribution in [-0.4, -0.2) is 6.54 Å². The predicted octanol–water partition coefficient (Wildman–Crippen LogP) is 4.40. The van der Waals surface area contributed by atoms with Gasteiger partial charge in [-0.3, -0.25) is 0 Å². The molecular weight excluding hydrogens is 239 g/mol. The van der Waals surface area contributed by atoms with Gasteiger partial charge in [-0.1, -0.05) is 39.8 Å². The molecule has 0 amide bonds. The van der Waals surface area contributed by atoms with Crippen molar-refractivity contribution >= 4 is 0 Å². The van der Waals surface area contributed by atoms with E-state index >= 15 is 0 Å². The third-order valence-corrected chi connectivity index (χ3v) is 2.85. The van der Waals surface area contributed by atoms with Crippen LogP contribution in [0.25, 0.3) is 0 Å². The number of hydrogen-bond donors (Lipinski definition) is 1. The molecule has 0 bridgehead atoms. The second-order valence-electron chi connectivity index (χ2n) is 5.48. The molecule has 1 aromatic rings. The monoisotopic (exact) mass is 259 g/mol. The molecular formula is C14H20F3N. The molecule has 1 N–H and O–H groups in total. The molecule has 0 aliphatic heterocycles. The van der Waals surface area contributed by atoms with Crippen molar-refractivity contribution in [3.8, 4) is 0 Å². The van der Waals surface area contributed by atoms with Crippen molar-refractivity contribution in [1.29, 1.82) is 0 Å². The van der Waals surface area contributed by atoms with E-state index in [9.17, 15) is 13.2 Å². The fourth-order valence-electron chi connectivity index (χ4n) is 1.99. The van der Waals surface area contributed by atoms with Crippen LogP contribution in [0.1, 0.15) is 44.9 Å². The lowest BCUT2D eigenvalue weighted by molar-refractivity contribution is -0.137. The minimum absolute atomic E-state index is 0.0459. The summed E-state index contributed by atoms with van der Waals surface area (Å²) in [6.07, 6.45) is -4.27. The average Bonchev–Trinajstić information content (AvgIpc) is 2.23. The van der Waals surface area contributed by atoms with Gasteiger partial charge >= 0.3 is 6.18 Å². The Morgan fingerprint density at radius 3 is 1.89 bits per heavy atom. The number of benzene rings is 1. The Morgan fingerprint density at radius 1 is 1.06 bits per heavy atom. The third kappa shape index (κ3) is 3.73. The minimum Gasteiger partial charge on any atom is -0.310 e. The summed E-state index contributed by atoms with van der Waals surface area (Å²) in [5.74, 6) is 0. The van der Waals surface area contributed by atoms with Gasteiger partial charge in [0, 0.05) is 6.04 Å². The van der Waals surface area contributed by atoms with Gasteiger partial charge in [0.25, 0.3) is 0 Å². The summed E-state index contributed by atoms with van der Waals surface area (Å²) < 4.78 is 37.5. The molecule has 1 rings (SSSR count). The first kappa shape index (κ1) is 15.0. The average molecular weight is 259 g/mol. The second kappa shape index (κ2) is 5.31. The molecule has 0 saturated carbocycles. The lowest BCUT2D eigenvalue weighted by atomic mass is 9.82. The van der Waals surface area contributed by atoms with E-state index in [4.69, 9.17) is 0 Å². The zero-order chi connectivity index (χ0) is 14.0. The Hall–Kier alpha value is -1.03. The van der Waals surface area contributed by atoms with Crippen molar-refractivity contribution in [2.45, 2.75) is 39.9 Å². The van der Waals surface area contributed by atoms with Gasteiger partial charge < -0.3 is 5.32 Å². The molecule has 0 aliphatic carbocycles. The van der Waals surface area contributed by atoms with E-state index in [0.717, 1.165) is 24.2 Å². The third-order valence-electron chi connectivity index (χ3n) is 2.85. The molecule has 0 radical (unpaired) electrons. The van der Waals surface area contributed by atoms with Crippen molar-refractivity contribution in [2.24, 2.45) is 5.41 Å². The molecule has 4 heteroatoms. The summed E-state index contributed by atoms with van der Waals surface area (Å²) in [6, 6.07) is 5.45. The highest BCUT2D eigenvalue weighted by Gasteiger charge is 2.31. The molecule has 0 spiro atoms. The van der Waals surface area contributed by atoms with Gasteiger partial charge in [-0.2, -0.15) is 13.2 Å². The number of halogens is 3. The second-order valence-corrected chi connectivity index (χ2v) is 5.48. The first-order valence-electron chi connectivity index (χ1n) is 6.06. The maximum Gasteiger partial charge on any atom is 0.416 e. The first-order valence-corrected chi connectivity index (χ1v) is 6.06. The van der Waals surface area contributed by atoms with E-state index in [1.54, 1.807) is 12.1 Å². The fraction of sp³-hybridized carbons (Fsp3) is 0.571. The summed E-state index contributed by atoms with van der Waals surface area (Å²) in [5.41, 5.74) is 0.239. The predicted molar refractivity (Wildman–Crippen MR) is 67.3 cm³/mol. The van der Waals surface area contributed by atoms with Gasteiger partial charge in [-0.25, -0.2) is 0 Å². The zero-order valence-corrected chi connectivity index (χ0v) is 11.2. The van der Waals surface area contributed by atoms with E-state index in [-0.39, 0.29) is 11.5 Å². The van der Waals surface area contributed by atoms with Gasteiger partial charge in [0.15, 0.2) is 0 Å². The molecule has 18 heavy (non-hydrogen) atoms. The normalized spacial score (nSPS) is 14.6. The van der Waals surface area contributed by atoms with E-state index < -0.39 is 11.7 Å². The van der Waals surface area contributed by atoms with Crippen LogP contribution in [-0.2, 0) is 6.18 Å². The molecule has 0 heterocycles. The van der Waals surface area contributed by atoms with Gasteiger partial charge in [-0.05, 0) is 29.7 Å². The standard InChI is InChI=1S/C14H20F3N/c1-5-18-12(13(2,3)4)10-6-8-11(9-7-10)14(15,16)17/h6-9,12,18H,5H2,1-4H3. The summed E-state index contributed by atoms with van der Waals surface area (Å²) in [6.45, 7) is 8.97. The van der Waals surface area contributed by atoms with Crippen LogP contribution in [0, 0.1) is 5.41 Å². The maximum absolute atomic E-state index is 12.5. The highest BCUT2D eigenvalue weighted by molar-refractivity contribution is 5.27. The van der Waals surface area contributed by atoms with E-state index in [0.29, 0.717) is 0 Å². The number of rotatable bonds is 3. The van der Waals surface area contributed by atoms with Crippen LogP contribution in [0.5, 0.6) is 0 Å². The Kier molecular flexibility index (Phi) is 4.43. The van der Waals surface area contributed by atoms with Crippen molar-refractivity contribution in [1.82, 2.24) is 5.32 Å². The lowest BCUT2D eigenvalue weighted by Gasteiger charge is -2.32. The van der Waals surface area contributed by atoms with Crippen molar-refractivity contribution < 1.29 is 13.2 Å². The zero-order valence-electron chi connectivity index (χ0n) is 11.2. The Labute approximate surface area is 106 Å². The van der Waals surface area contributed by atoms with Gasteiger partial charge in [0.05, 0.1) is 5.56 Å². The maximum atomic E-state index is 12.5. The van der Waals surface area contributed by atoms with E-state index in [2.05, 4.69) is 26.1 Å². The number of alkyl halides is 3. The van der Waals surface area contributed by atoms with Gasteiger partial charge in [0.1, 0.15) is 0 Å². The SMILES string of the molecule is CCNC(c1ccc(C(F)(F)F)cc1)C(C)(C)C. The van der Waals surface area contributed by atoms with Gasteiger partial charge in [0.2, 0.25) is 0 Å². The Bertz CT molecular complexity index is 374. The number of nitrogens with one attached hydrogen (secondary N) is 1. The quantitative estimate of drug-likeness (QED) is 0.848. The molecule has 1 nitrogen and oxygen atoms in total. The van der Waals surface area contributed by atoms with Crippen LogP contribution in [0.3, 0.4) is 0 Å². The van der Waals surface area contributed by atoms with E-state index in [1.807, 2.05) is 6.92 Å². The van der Waals surface area contributed by atoms with Crippen LogP contribution < -0.4 is 5.32 Å². The molecule has 0 fully saturated rings. The highest BCUT2D eigenvalue weighted by Crippen LogP contribution is 2.35. The summed E-state index contributed by atoms with van der Waals surface area (Å²) in [5, 5.41) is 3.32.